The van der Waals surface area contributed by atoms with Gasteiger partial charge in [-0.05, 0) is 74.0 Å². The molecule has 0 spiro atoms. The smallest absolute Gasteiger partial charge is 0.164 e. The van der Waals surface area contributed by atoms with Crippen LogP contribution < -0.4 is 0 Å². The first-order chi connectivity index (χ1) is 29.2. The van der Waals surface area contributed by atoms with Crippen LogP contribution in [0.1, 0.15) is 0 Å². The van der Waals surface area contributed by atoms with Gasteiger partial charge in [-0.15, -0.1) is 0 Å². The zero-order chi connectivity index (χ0) is 39.1. The number of para-hydroxylation sites is 2. The first kappa shape index (κ1) is 34.3. The molecule has 0 fully saturated rings. The summed E-state index contributed by atoms with van der Waals surface area (Å²) in [7, 11) is 0. The summed E-state index contributed by atoms with van der Waals surface area (Å²) in [5, 5.41) is 4.61. The molecule has 0 unspecified atom stereocenters. The number of hydrogen-bond donors (Lipinski definition) is 0. The maximum Gasteiger partial charge on any atom is 0.164 e. The molecule has 4 heteroatoms. The van der Waals surface area contributed by atoms with Crippen molar-refractivity contribution < 1.29 is 4.42 Å². The van der Waals surface area contributed by atoms with Crippen LogP contribution in [0.25, 0.3) is 111 Å². The van der Waals surface area contributed by atoms with Gasteiger partial charge in [0, 0.05) is 33.0 Å². The van der Waals surface area contributed by atoms with Gasteiger partial charge in [0.1, 0.15) is 11.2 Å². The average Bonchev–Trinajstić information content (AvgIpc) is 3.71. The van der Waals surface area contributed by atoms with E-state index in [-0.39, 0.29) is 0 Å². The fourth-order valence-electron chi connectivity index (χ4n) is 8.15. The van der Waals surface area contributed by atoms with Gasteiger partial charge in [-0.2, -0.15) is 0 Å². The molecule has 0 aliphatic carbocycles. The first-order valence-electron chi connectivity index (χ1n) is 19.8. The Labute approximate surface area is 341 Å². The molecular weight excluding hydrogens is 719 g/mol. The van der Waals surface area contributed by atoms with Gasteiger partial charge in [-0.3, -0.25) is 0 Å². The molecule has 4 nitrogen and oxygen atoms in total. The highest BCUT2D eigenvalue weighted by molar-refractivity contribution is 6.10. The van der Waals surface area contributed by atoms with Gasteiger partial charge < -0.3 is 4.42 Å². The van der Waals surface area contributed by atoms with Crippen LogP contribution in [-0.2, 0) is 0 Å². The van der Waals surface area contributed by atoms with E-state index in [1.807, 2.05) is 30.3 Å². The van der Waals surface area contributed by atoms with Gasteiger partial charge in [0.25, 0.3) is 0 Å². The van der Waals surface area contributed by atoms with E-state index in [0.717, 1.165) is 83.1 Å². The molecule has 11 aromatic rings. The van der Waals surface area contributed by atoms with Gasteiger partial charge in [-0.1, -0.05) is 188 Å². The Morgan fingerprint density at radius 2 is 0.780 bits per heavy atom. The molecule has 2 aromatic heterocycles. The largest absolute Gasteiger partial charge is 0.455 e. The summed E-state index contributed by atoms with van der Waals surface area (Å²) in [6, 6.07) is 74.1. The molecule has 11 rings (SSSR count). The van der Waals surface area contributed by atoms with Crippen LogP contribution in [0.4, 0.5) is 0 Å². The maximum atomic E-state index is 6.39. The van der Waals surface area contributed by atoms with Gasteiger partial charge in [0.2, 0.25) is 0 Å². The molecule has 0 atom stereocenters. The van der Waals surface area contributed by atoms with Crippen molar-refractivity contribution in [2.75, 3.05) is 0 Å². The van der Waals surface area contributed by atoms with Crippen LogP contribution in [0.15, 0.2) is 217 Å². The third-order valence-corrected chi connectivity index (χ3v) is 11.1. The molecule has 0 bridgehead atoms. The fraction of sp³-hybridized carbons (Fsp3) is 0. The Balaban J connectivity index is 0.982. The number of hydrogen-bond acceptors (Lipinski definition) is 4. The summed E-state index contributed by atoms with van der Waals surface area (Å²) in [5.41, 5.74) is 13.5. The van der Waals surface area contributed by atoms with E-state index in [1.54, 1.807) is 0 Å². The molecule has 0 radical (unpaired) electrons. The third-order valence-electron chi connectivity index (χ3n) is 11.1. The molecule has 9 aromatic carbocycles. The molecule has 0 amide bonds. The molecule has 2 heterocycles. The lowest BCUT2D eigenvalue weighted by molar-refractivity contribution is 0.670. The molecular formula is C55H35N3O. The topological polar surface area (TPSA) is 51.8 Å². The Kier molecular flexibility index (Phi) is 8.45. The maximum absolute atomic E-state index is 6.39. The highest BCUT2D eigenvalue weighted by atomic mass is 16.3. The van der Waals surface area contributed by atoms with Crippen LogP contribution in [0.2, 0.25) is 0 Å². The predicted molar refractivity (Wildman–Crippen MR) is 243 cm³/mol. The average molecular weight is 754 g/mol. The van der Waals surface area contributed by atoms with E-state index in [9.17, 15) is 0 Å². The number of aromatic nitrogens is 3. The lowest BCUT2D eigenvalue weighted by Gasteiger charge is -2.13. The lowest BCUT2D eigenvalue weighted by atomic mass is 9.96. The second-order valence-electron chi connectivity index (χ2n) is 14.8. The predicted octanol–water partition coefficient (Wildman–Crippen LogP) is 14.6. The molecule has 0 saturated heterocycles. The SMILES string of the molecule is c1ccc(-c2cccc(-c3nc(-c4ccc(-c5ccc6ccc(-c7cccc8c7oc7ccccc78)cc6c5)cc4)nc(-c4ccccc4-c4ccccc4)n3)c2)cc1. The van der Waals surface area contributed by atoms with Crippen molar-refractivity contribution in [3.05, 3.63) is 212 Å². The molecule has 0 saturated carbocycles. The van der Waals surface area contributed by atoms with Crippen LogP contribution in [-0.4, -0.2) is 15.0 Å². The number of benzene rings is 9. The van der Waals surface area contributed by atoms with Gasteiger partial charge in [0.05, 0.1) is 0 Å². The van der Waals surface area contributed by atoms with E-state index >= 15 is 0 Å². The van der Waals surface area contributed by atoms with Gasteiger partial charge in [-0.25, -0.2) is 15.0 Å². The highest BCUT2D eigenvalue weighted by Gasteiger charge is 2.17. The van der Waals surface area contributed by atoms with Crippen LogP contribution >= 0.6 is 0 Å². The van der Waals surface area contributed by atoms with Crippen molar-refractivity contribution in [1.82, 2.24) is 15.0 Å². The van der Waals surface area contributed by atoms with Gasteiger partial charge in [0.15, 0.2) is 17.5 Å². The van der Waals surface area contributed by atoms with E-state index in [4.69, 9.17) is 19.4 Å². The summed E-state index contributed by atoms with van der Waals surface area (Å²) >= 11 is 0. The summed E-state index contributed by atoms with van der Waals surface area (Å²) in [6.45, 7) is 0. The Morgan fingerprint density at radius 3 is 1.59 bits per heavy atom. The molecule has 0 N–H and O–H groups in total. The number of rotatable bonds is 7. The highest BCUT2D eigenvalue weighted by Crippen LogP contribution is 2.38. The van der Waals surface area contributed by atoms with Crippen LogP contribution in [0, 0.1) is 0 Å². The van der Waals surface area contributed by atoms with Crippen molar-refractivity contribution >= 4 is 32.7 Å². The summed E-state index contributed by atoms with van der Waals surface area (Å²) in [6.07, 6.45) is 0. The molecule has 0 aliphatic rings. The standard InChI is InChI=1S/C55H35N3O/c1-3-13-36(14-4-1)41-17-11-18-44(33-41)54-56-53(57-55(58-54)50-21-8-7-19-46(50)39-15-5-2-6-16-39)40-29-25-37(26-30-40)42-31-27-38-28-32-43(35-45(38)34-42)47-22-12-23-49-48-20-9-10-24-51(48)59-52(47)49/h1-35H. The van der Waals surface area contributed by atoms with E-state index in [0.29, 0.717) is 17.5 Å². The van der Waals surface area contributed by atoms with Crippen molar-refractivity contribution in [2.24, 2.45) is 0 Å². The molecule has 59 heavy (non-hydrogen) atoms. The van der Waals surface area contributed by atoms with E-state index in [1.165, 1.54) is 10.8 Å². The Morgan fingerprint density at radius 1 is 0.271 bits per heavy atom. The fourth-order valence-corrected chi connectivity index (χ4v) is 8.15. The number of fused-ring (bicyclic) bond motifs is 4. The quantitative estimate of drug-likeness (QED) is 0.163. The van der Waals surface area contributed by atoms with Crippen molar-refractivity contribution in [3.63, 3.8) is 0 Å². The zero-order valence-electron chi connectivity index (χ0n) is 32.0. The Hall–Kier alpha value is -7.95. The number of nitrogens with zero attached hydrogens (tertiary/aromatic N) is 3. The monoisotopic (exact) mass is 753 g/mol. The lowest BCUT2D eigenvalue weighted by Crippen LogP contribution is -2.01. The third kappa shape index (κ3) is 6.43. The van der Waals surface area contributed by atoms with E-state index < -0.39 is 0 Å². The molecule has 276 valence electrons. The normalized spacial score (nSPS) is 11.4. The van der Waals surface area contributed by atoms with E-state index in [2.05, 4.69) is 182 Å². The first-order valence-corrected chi connectivity index (χ1v) is 19.8. The minimum absolute atomic E-state index is 0.618. The van der Waals surface area contributed by atoms with Gasteiger partial charge >= 0.3 is 0 Å². The zero-order valence-corrected chi connectivity index (χ0v) is 32.0. The molecule has 0 aliphatic heterocycles. The Bertz CT molecular complexity index is 3320. The summed E-state index contributed by atoms with van der Waals surface area (Å²) in [4.78, 5) is 15.4. The van der Waals surface area contributed by atoms with Crippen molar-refractivity contribution in [2.45, 2.75) is 0 Å². The summed E-state index contributed by atoms with van der Waals surface area (Å²) in [5.74, 6) is 1.87. The van der Waals surface area contributed by atoms with Crippen LogP contribution in [0.5, 0.6) is 0 Å². The second-order valence-corrected chi connectivity index (χ2v) is 14.8. The summed E-state index contributed by atoms with van der Waals surface area (Å²) < 4.78 is 6.39. The second kappa shape index (κ2) is 14.5. The minimum Gasteiger partial charge on any atom is -0.455 e. The van der Waals surface area contributed by atoms with Crippen molar-refractivity contribution in [1.29, 1.82) is 0 Å². The van der Waals surface area contributed by atoms with Crippen molar-refractivity contribution in [3.8, 4) is 78.7 Å². The number of furan rings is 1. The van der Waals surface area contributed by atoms with Crippen LogP contribution in [0.3, 0.4) is 0 Å². The minimum atomic E-state index is 0.618.